The van der Waals surface area contributed by atoms with Crippen LogP contribution in [0.25, 0.3) is 0 Å². The van der Waals surface area contributed by atoms with E-state index >= 15 is 0 Å². The van der Waals surface area contributed by atoms with Crippen LogP contribution in [0.2, 0.25) is 0 Å². The average molecular weight is 294 g/mol. The molecule has 1 nitrogen and oxygen atoms in total. The summed E-state index contributed by atoms with van der Waals surface area (Å²) >= 11 is 3.36. The van der Waals surface area contributed by atoms with Gasteiger partial charge >= 0.3 is 0 Å². The predicted octanol–water partition coefficient (Wildman–Crippen LogP) is 4.76. The summed E-state index contributed by atoms with van der Waals surface area (Å²) in [6, 6.07) is 14.7. The minimum atomic E-state index is -0.191. The van der Waals surface area contributed by atoms with Crippen molar-refractivity contribution in [3.63, 3.8) is 0 Å². The molecular weight excluding hydrogens is 281 g/mol. The molecule has 0 aromatic heterocycles. The van der Waals surface area contributed by atoms with Gasteiger partial charge in [0.25, 0.3) is 0 Å². The topological polar surface area (TPSA) is 12.0 Å². The molecule has 0 saturated carbocycles. The van der Waals surface area contributed by atoms with E-state index in [1.165, 1.54) is 6.07 Å². The van der Waals surface area contributed by atoms with Crippen LogP contribution in [0.1, 0.15) is 18.5 Å². The molecule has 1 unspecified atom stereocenters. The molecule has 2 aromatic rings. The highest BCUT2D eigenvalue weighted by molar-refractivity contribution is 9.10. The number of nitrogens with one attached hydrogen (secondary N) is 1. The summed E-state index contributed by atoms with van der Waals surface area (Å²) in [6.07, 6.45) is 0. The van der Waals surface area contributed by atoms with Crippen LogP contribution in [0.3, 0.4) is 0 Å². The van der Waals surface area contributed by atoms with Gasteiger partial charge in [0.05, 0.1) is 6.04 Å². The first-order valence-electron chi connectivity index (χ1n) is 5.43. The van der Waals surface area contributed by atoms with Crippen molar-refractivity contribution in [2.24, 2.45) is 0 Å². The zero-order valence-corrected chi connectivity index (χ0v) is 11.0. The first-order chi connectivity index (χ1) is 8.16. The second-order valence-corrected chi connectivity index (χ2v) is 4.81. The molecule has 0 bridgehead atoms. The van der Waals surface area contributed by atoms with Gasteiger partial charge in [-0.25, -0.2) is 4.39 Å². The molecule has 2 aromatic carbocycles. The molecule has 0 aliphatic rings. The number of hydrogen-bond acceptors (Lipinski definition) is 1. The fourth-order valence-electron chi connectivity index (χ4n) is 1.71. The zero-order chi connectivity index (χ0) is 12.3. The Kier molecular flexibility index (Phi) is 3.79. The van der Waals surface area contributed by atoms with Crippen molar-refractivity contribution in [2.75, 3.05) is 5.32 Å². The smallest absolute Gasteiger partial charge is 0.128 e. The number of hydrogen-bond donors (Lipinski definition) is 1. The lowest BCUT2D eigenvalue weighted by atomic mass is 10.1. The third-order valence-electron chi connectivity index (χ3n) is 2.58. The van der Waals surface area contributed by atoms with Gasteiger partial charge in [-0.1, -0.05) is 34.1 Å². The number of benzene rings is 2. The van der Waals surface area contributed by atoms with Gasteiger partial charge in [0.1, 0.15) is 5.82 Å². The number of rotatable bonds is 3. The Labute approximate surface area is 109 Å². The summed E-state index contributed by atoms with van der Waals surface area (Å²) < 4.78 is 14.5. The van der Waals surface area contributed by atoms with Crippen LogP contribution in [-0.4, -0.2) is 0 Å². The molecule has 0 amide bonds. The summed E-state index contributed by atoms with van der Waals surface area (Å²) in [4.78, 5) is 0. The van der Waals surface area contributed by atoms with E-state index in [4.69, 9.17) is 0 Å². The predicted molar refractivity (Wildman–Crippen MR) is 72.6 cm³/mol. The first kappa shape index (κ1) is 12.1. The third kappa shape index (κ3) is 3.07. The van der Waals surface area contributed by atoms with E-state index in [-0.39, 0.29) is 11.9 Å². The third-order valence-corrected chi connectivity index (χ3v) is 3.07. The van der Waals surface area contributed by atoms with Crippen LogP contribution in [0.4, 0.5) is 10.1 Å². The summed E-state index contributed by atoms with van der Waals surface area (Å²) in [7, 11) is 0. The fourth-order valence-corrected chi connectivity index (χ4v) is 2.09. The van der Waals surface area contributed by atoms with Gasteiger partial charge in [-0.3, -0.25) is 0 Å². The molecule has 0 spiro atoms. The van der Waals surface area contributed by atoms with E-state index in [2.05, 4.69) is 21.2 Å². The Morgan fingerprint density at radius 1 is 1.12 bits per heavy atom. The fraction of sp³-hybridized carbons (Fsp3) is 0.143. The summed E-state index contributed by atoms with van der Waals surface area (Å²) in [6.45, 7) is 1.94. The van der Waals surface area contributed by atoms with Crippen LogP contribution in [0.15, 0.2) is 53.0 Å². The standard InChI is InChI=1S/C14H13BrFN/c1-10(17-12-5-3-2-4-6-12)13-9-11(15)7-8-14(13)16/h2-10,17H,1H3. The maximum Gasteiger partial charge on any atom is 0.128 e. The zero-order valence-electron chi connectivity index (χ0n) is 9.45. The Balaban J connectivity index is 2.20. The van der Waals surface area contributed by atoms with E-state index in [0.29, 0.717) is 5.56 Å². The van der Waals surface area contributed by atoms with Crippen molar-refractivity contribution >= 4 is 21.6 Å². The quantitative estimate of drug-likeness (QED) is 0.860. The van der Waals surface area contributed by atoms with Crippen molar-refractivity contribution in [1.82, 2.24) is 0 Å². The summed E-state index contributed by atoms with van der Waals surface area (Å²) in [5.74, 6) is -0.191. The lowest BCUT2D eigenvalue weighted by Crippen LogP contribution is -2.08. The molecule has 0 saturated heterocycles. The lowest BCUT2D eigenvalue weighted by molar-refractivity contribution is 0.600. The molecule has 0 radical (unpaired) electrons. The molecule has 3 heteroatoms. The summed E-state index contributed by atoms with van der Waals surface area (Å²) in [5.41, 5.74) is 1.64. The minimum Gasteiger partial charge on any atom is -0.378 e. The molecular formula is C14H13BrFN. The normalized spacial score (nSPS) is 12.2. The van der Waals surface area contributed by atoms with Crippen molar-refractivity contribution in [3.8, 4) is 0 Å². The molecule has 1 atom stereocenters. The minimum absolute atomic E-state index is 0.0742. The van der Waals surface area contributed by atoms with Gasteiger partial charge in [-0.15, -0.1) is 0 Å². The van der Waals surface area contributed by atoms with Gasteiger partial charge < -0.3 is 5.32 Å². The maximum absolute atomic E-state index is 13.7. The van der Waals surface area contributed by atoms with Crippen LogP contribution < -0.4 is 5.32 Å². The molecule has 1 N–H and O–H groups in total. The van der Waals surface area contributed by atoms with Crippen LogP contribution in [0, 0.1) is 5.82 Å². The van der Waals surface area contributed by atoms with Crippen LogP contribution >= 0.6 is 15.9 Å². The highest BCUT2D eigenvalue weighted by Crippen LogP contribution is 2.24. The van der Waals surface area contributed by atoms with E-state index in [0.717, 1.165) is 10.2 Å². The highest BCUT2D eigenvalue weighted by Gasteiger charge is 2.10. The van der Waals surface area contributed by atoms with Crippen molar-refractivity contribution in [3.05, 3.63) is 64.4 Å². The van der Waals surface area contributed by atoms with Gasteiger partial charge in [-0.2, -0.15) is 0 Å². The maximum atomic E-state index is 13.7. The monoisotopic (exact) mass is 293 g/mol. The molecule has 0 heterocycles. The molecule has 17 heavy (non-hydrogen) atoms. The molecule has 2 rings (SSSR count). The second kappa shape index (κ2) is 5.32. The van der Waals surface area contributed by atoms with Crippen molar-refractivity contribution < 1.29 is 4.39 Å². The van der Waals surface area contributed by atoms with Gasteiger partial charge in [-0.05, 0) is 37.3 Å². The van der Waals surface area contributed by atoms with E-state index in [9.17, 15) is 4.39 Å². The lowest BCUT2D eigenvalue weighted by Gasteiger charge is -2.16. The van der Waals surface area contributed by atoms with Crippen LogP contribution in [-0.2, 0) is 0 Å². The van der Waals surface area contributed by atoms with E-state index in [1.807, 2.05) is 37.3 Å². The largest absolute Gasteiger partial charge is 0.378 e. The van der Waals surface area contributed by atoms with Crippen molar-refractivity contribution in [2.45, 2.75) is 13.0 Å². The Morgan fingerprint density at radius 2 is 1.82 bits per heavy atom. The Bertz CT molecular complexity index is 499. The van der Waals surface area contributed by atoms with E-state index in [1.54, 1.807) is 12.1 Å². The van der Waals surface area contributed by atoms with Crippen molar-refractivity contribution in [1.29, 1.82) is 0 Å². The van der Waals surface area contributed by atoms with Gasteiger partial charge in [0.15, 0.2) is 0 Å². The first-order valence-corrected chi connectivity index (χ1v) is 6.22. The number of halogens is 2. The molecule has 0 fully saturated rings. The van der Waals surface area contributed by atoms with Gasteiger partial charge in [0.2, 0.25) is 0 Å². The van der Waals surface area contributed by atoms with Crippen LogP contribution in [0.5, 0.6) is 0 Å². The molecule has 88 valence electrons. The molecule has 0 aliphatic heterocycles. The Morgan fingerprint density at radius 3 is 2.53 bits per heavy atom. The second-order valence-electron chi connectivity index (χ2n) is 3.90. The van der Waals surface area contributed by atoms with Gasteiger partial charge in [0, 0.05) is 15.7 Å². The summed E-state index contributed by atoms with van der Waals surface area (Å²) in [5, 5.41) is 3.27. The average Bonchev–Trinajstić information content (AvgIpc) is 2.33. The van der Waals surface area contributed by atoms with E-state index < -0.39 is 0 Å². The highest BCUT2D eigenvalue weighted by atomic mass is 79.9. The number of para-hydroxylation sites is 1. The molecule has 0 aliphatic carbocycles. The SMILES string of the molecule is CC(Nc1ccccc1)c1cc(Br)ccc1F. The number of anilines is 1. The Hall–Kier alpha value is -1.35.